The molecule has 0 bridgehead atoms. The van der Waals surface area contributed by atoms with E-state index in [0.717, 1.165) is 10.8 Å². The fraction of sp³-hybridized carbons (Fsp3) is 0. The van der Waals surface area contributed by atoms with Crippen molar-refractivity contribution in [1.29, 1.82) is 0 Å². The Morgan fingerprint density at radius 1 is 0.852 bits per heavy atom. The number of hydrogen-bond donors (Lipinski definition) is 2. The molecular formula is C21H16N4O2. The Labute approximate surface area is 155 Å². The van der Waals surface area contributed by atoms with Gasteiger partial charge in [0.2, 0.25) is 11.8 Å². The smallest absolute Gasteiger partial charge is 0.256 e. The van der Waals surface area contributed by atoms with Crippen LogP contribution < -0.4 is 16.2 Å². The molecule has 132 valence electrons. The van der Waals surface area contributed by atoms with E-state index in [1.165, 1.54) is 0 Å². The second kappa shape index (κ2) is 6.76. The van der Waals surface area contributed by atoms with Gasteiger partial charge in [0, 0.05) is 5.56 Å². The van der Waals surface area contributed by atoms with Gasteiger partial charge in [-0.3, -0.25) is 4.79 Å². The lowest BCUT2D eigenvalue weighted by Crippen LogP contribution is -2.17. The maximum atomic E-state index is 12.2. The third-order valence-electron chi connectivity index (χ3n) is 4.12. The van der Waals surface area contributed by atoms with Crippen molar-refractivity contribution in [3.05, 3.63) is 78.4 Å². The van der Waals surface area contributed by atoms with Crippen molar-refractivity contribution in [2.45, 2.75) is 0 Å². The summed E-state index contributed by atoms with van der Waals surface area (Å²) < 4.78 is 5.89. The highest BCUT2D eigenvalue weighted by Gasteiger charge is 2.21. The summed E-state index contributed by atoms with van der Waals surface area (Å²) in [6, 6.07) is 22.6. The lowest BCUT2D eigenvalue weighted by molar-refractivity contribution is 0.0998. The van der Waals surface area contributed by atoms with E-state index in [1.54, 1.807) is 6.07 Å². The normalized spacial score (nSPS) is 10.7. The molecule has 0 atom stereocenters. The summed E-state index contributed by atoms with van der Waals surface area (Å²) in [6.07, 6.45) is 0. The Bertz CT molecular complexity index is 1140. The highest BCUT2D eigenvalue weighted by Crippen LogP contribution is 2.32. The van der Waals surface area contributed by atoms with Gasteiger partial charge in [-0.15, -0.1) is 0 Å². The van der Waals surface area contributed by atoms with Crippen molar-refractivity contribution < 1.29 is 9.53 Å². The fourth-order valence-electron chi connectivity index (χ4n) is 2.90. The molecule has 6 heteroatoms. The average molecular weight is 356 g/mol. The van der Waals surface area contributed by atoms with Crippen LogP contribution in [0, 0.1) is 0 Å². The van der Waals surface area contributed by atoms with E-state index in [4.69, 9.17) is 16.2 Å². The van der Waals surface area contributed by atoms with Gasteiger partial charge in [-0.05, 0) is 22.9 Å². The number of rotatable bonds is 4. The van der Waals surface area contributed by atoms with Crippen LogP contribution in [-0.2, 0) is 0 Å². The Morgan fingerprint density at radius 2 is 1.56 bits per heavy atom. The molecule has 0 saturated carbocycles. The molecule has 0 aliphatic carbocycles. The number of primary amides is 1. The molecule has 0 saturated heterocycles. The molecule has 4 N–H and O–H groups in total. The molecule has 4 aromatic rings. The molecule has 0 spiro atoms. The molecule has 6 nitrogen and oxygen atoms in total. The van der Waals surface area contributed by atoms with E-state index in [1.807, 2.05) is 66.7 Å². The third kappa shape index (κ3) is 3.28. The molecule has 1 heterocycles. The summed E-state index contributed by atoms with van der Waals surface area (Å²) >= 11 is 0. The van der Waals surface area contributed by atoms with Gasteiger partial charge in [0.1, 0.15) is 11.3 Å². The van der Waals surface area contributed by atoms with Crippen molar-refractivity contribution in [2.24, 2.45) is 5.73 Å². The first-order chi connectivity index (χ1) is 13.1. The topological polar surface area (TPSA) is 104 Å². The monoisotopic (exact) mass is 356 g/mol. The van der Waals surface area contributed by atoms with Crippen molar-refractivity contribution in [2.75, 3.05) is 5.73 Å². The van der Waals surface area contributed by atoms with Gasteiger partial charge in [0.25, 0.3) is 5.91 Å². The minimum absolute atomic E-state index is 0.00496. The summed E-state index contributed by atoms with van der Waals surface area (Å²) in [5.41, 5.74) is 12.6. The predicted molar refractivity (Wildman–Crippen MR) is 104 cm³/mol. The number of anilines is 1. The Balaban J connectivity index is 1.84. The number of carbonyl (C=O) groups is 1. The van der Waals surface area contributed by atoms with Gasteiger partial charge in [-0.2, -0.15) is 4.98 Å². The number of nitrogens with zero attached hydrogens (tertiary/aromatic N) is 2. The van der Waals surface area contributed by atoms with Crippen molar-refractivity contribution in [1.82, 2.24) is 9.97 Å². The summed E-state index contributed by atoms with van der Waals surface area (Å²) in [7, 11) is 0. The van der Waals surface area contributed by atoms with E-state index in [9.17, 15) is 4.79 Å². The van der Waals surface area contributed by atoms with Crippen molar-refractivity contribution in [3.63, 3.8) is 0 Å². The molecule has 3 aromatic carbocycles. The first-order valence-electron chi connectivity index (χ1n) is 8.31. The van der Waals surface area contributed by atoms with E-state index in [2.05, 4.69) is 9.97 Å². The predicted octanol–water partition coefficient (Wildman–Crippen LogP) is 3.77. The standard InChI is InChI=1S/C21H16N4O2/c22-19(26)17-18(14-7-2-1-3-8-14)24-21(23)25-20(17)27-16-11-10-13-6-4-5-9-15(13)12-16/h1-12H,(H2,22,26)(H2,23,24,25). The molecule has 0 aliphatic rings. The number of nitrogens with two attached hydrogens (primary N) is 2. The van der Waals surface area contributed by atoms with Gasteiger partial charge in [-0.1, -0.05) is 60.7 Å². The maximum absolute atomic E-state index is 12.2. The van der Waals surface area contributed by atoms with Crippen molar-refractivity contribution in [3.8, 4) is 22.9 Å². The zero-order valence-corrected chi connectivity index (χ0v) is 14.3. The summed E-state index contributed by atoms with van der Waals surface area (Å²) in [5, 5.41) is 2.08. The molecule has 1 aromatic heterocycles. The van der Waals surface area contributed by atoms with Crippen LogP contribution >= 0.6 is 0 Å². The van der Waals surface area contributed by atoms with Crippen LogP contribution in [0.15, 0.2) is 72.8 Å². The highest BCUT2D eigenvalue weighted by molar-refractivity contribution is 6.01. The van der Waals surface area contributed by atoms with Gasteiger partial charge >= 0.3 is 0 Å². The van der Waals surface area contributed by atoms with Crippen LogP contribution in [0.1, 0.15) is 10.4 Å². The van der Waals surface area contributed by atoms with Gasteiger partial charge in [0.15, 0.2) is 0 Å². The number of ether oxygens (including phenoxy) is 1. The lowest BCUT2D eigenvalue weighted by Gasteiger charge is -2.13. The number of amides is 1. The number of nitrogen functional groups attached to an aromatic ring is 1. The van der Waals surface area contributed by atoms with Crippen LogP contribution in [0.2, 0.25) is 0 Å². The third-order valence-corrected chi connectivity index (χ3v) is 4.12. The van der Waals surface area contributed by atoms with E-state index in [-0.39, 0.29) is 17.4 Å². The van der Waals surface area contributed by atoms with Crippen LogP contribution in [0.25, 0.3) is 22.0 Å². The Morgan fingerprint density at radius 3 is 2.30 bits per heavy atom. The highest BCUT2D eigenvalue weighted by atomic mass is 16.5. The van der Waals surface area contributed by atoms with E-state index < -0.39 is 5.91 Å². The summed E-state index contributed by atoms with van der Waals surface area (Å²) in [5.74, 6) is -0.142. The second-order valence-electron chi connectivity index (χ2n) is 5.95. The lowest BCUT2D eigenvalue weighted by atomic mass is 10.1. The van der Waals surface area contributed by atoms with Crippen LogP contribution in [-0.4, -0.2) is 15.9 Å². The van der Waals surface area contributed by atoms with E-state index in [0.29, 0.717) is 17.0 Å². The van der Waals surface area contributed by atoms with Crippen LogP contribution in [0.3, 0.4) is 0 Å². The molecule has 27 heavy (non-hydrogen) atoms. The molecule has 1 amide bonds. The summed E-state index contributed by atoms with van der Waals surface area (Å²) in [6.45, 7) is 0. The zero-order chi connectivity index (χ0) is 18.8. The van der Waals surface area contributed by atoms with Gasteiger partial charge < -0.3 is 16.2 Å². The molecular weight excluding hydrogens is 340 g/mol. The van der Waals surface area contributed by atoms with Gasteiger partial charge in [0.05, 0.1) is 5.69 Å². The molecule has 0 radical (unpaired) electrons. The van der Waals surface area contributed by atoms with Crippen molar-refractivity contribution >= 4 is 22.6 Å². The zero-order valence-electron chi connectivity index (χ0n) is 14.3. The Hall–Kier alpha value is -3.93. The first-order valence-corrected chi connectivity index (χ1v) is 8.31. The SMILES string of the molecule is NC(=O)c1c(Oc2ccc3ccccc3c2)nc(N)nc1-c1ccccc1. The maximum Gasteiger partial charge on any atom is 0.256 e. The quantitative estimate of drug-likeness (QED) is 0.579. The second-order valence-corrected chi connectivity index (χ2v) is 5.95. The average Bonchev–Trinajstić information content (AvgIpc) is 2.68. The minimum Gasteiger partial charge on any atom is -0.438 e. The van der Waals surface area contributed by atoms with Crippen LogP contribution in [0.5, 0.6) is 11.6 Å². The van der Waals surface area contributed by atoms with Crippen LogP contribution in [0.4, 0.5) is 5.95 Å². The van der Waals surface area contributed by atoms with E-state index >= 15 is 0 Å². The molecule has 4 rings (SSSR count). The number of aromatic nitrogens is 2. The summed E-state index contributed by atoms with van der Waals surface area (Å²) in [4.78, 5) is 20.5. The largest absolute Gasteiger partial charge is 0.438 e. The molecule has 0 fully saturated rings. The first kappa shape index (κ1) is 16.5. The molecule has 0 aliphatic heterocycles. The van der Waals surface area contributed by atoms with Gasteiger partial charge in [-0.25, -0.2) is 4.98 Å². The number of benzene rings is 3. The number of hydrogen-bond acceptors (Lipinski definition) is 5. The Kier molecular flexibility index (Phi) is 4.14. The number of carbonyl (C=O) groups excluding carboxylic acids is 1. The minimum atomic E-state index is -0.690. The molecule has 0 unspecified atom stereocenters. The fourth-order valence-corrected chi connectivity index (χ4v) is 2.90. The number of fused-ring (bicyclic) bond motifs is 1.